The van der Waals surface area contributed by atoms with Crippen LogP contribution in [0.1, 0.15) is 0 Å². The van der Waals surface area contributed by atoms with Gasteiger partial charge in [-0.05, 0) is 29.8 Å². The molecule has 0 aliphatic carbocycles. The smallest absolute Gasteiger partial charge is 0.263 e. The molecular formula is C19H13BrN4O2S. The number of amides is 1. The number of nitrogens with one attached hydrogen (secondary N) is 1. The molecule has 4 rings (SSSR count). The Balaban J connectivity index is 1.67. The number of benzene rings is 1. The summed E-state index contributed by atoms with van der Waals surface area (Å²) in [5, 5.41) is 5.11. The first-order chi connectivity index (χ1) is 13.1. The fourth-order valence-corrected chi connectivity index (χ4v) is 3.87. The average molecular weight is 441 g/mol. The van der Waals surface area contributed by atoms with E-state index in [9.17, 15) is 9.59 Å². The van der Waals surface area contributed by atoms with Crippen LogP contribution in [0.3, 0.4) is 0 Å². The molecule has 0 saturated heterocycles. The molecule has 0 spiro atoms. The number of thiophene rings is 1. The number of hydrogen-bond acceptors (Lipinski definition) is 5. The van der Waals surface area contributed by atoms with E-state index < -0.39 is 0 Å². The Morgan fingerprint density at radius 1 is 1.15 bits per heavy atom. The van der Waals surface area contributed by atoms with Crippen molar-refractivity contribution in [2.45, 2.75) is 6.54 Å². The van der Waals surface area contributed by atoms with Crippen molar-refractivity contribution >= 4 is 49.2 Å². The maximum absolute atomic E-state index is 13.0. The largest absolute Gasteiger partial charge is 0.309 e. The number of fused-ring (bicyclic) bond motifs is 1. The molecule has 1 N–H and O–H groups in total. The number of pyridine rings is 1. The van der Waals surface area contributed by atoms with Gasteiger partial charge < -0.3 is 5.32 Å². The highest BCUT2D eigenvalue weighted by Crippen LogP contribution is 2.31. The van der Waals surface area contributed by atoms with Gasteiger partial charge in [0.05, 0.1) is 11.7 Å². The summed E-state index contributed by atoms with van der Waals surface area (Å²) < 4.78 is 2.28. The minimum atomic E-state index is -0.336. The molecule has 0 aliphatic rings. The standard InChI is InChI=1S/C19H13BrN4O2S/c20-13-6-4-12(5-7-13)14-10-27-18-17(14)19(26)24(11-22-18)9-16(25)23-15-3-1-2-8-21-15/h1-8,10-11H,9H2,(H,21,23,25). The average Bonchev–Trinajstić information content (AvgIpc) is 3.10. The minimum Gasteiger partial charge on any atom is -0.309 e. The molecule has 0 radical (unpaired) electrons. The monoisotopic (exact) mass is 440 g/mol. The third kappa shape index (κ3) is 3.67. The summed E-state index contributed by atoms with van der Waals surface area (Å²) in [5.74, 6) is 0.105. The van der Waals surface area contributed by atoms with E-state index >= 15 is 0 Å². The Morgan fingerprint density at radius 3 is 2.70 bits per heavy atom. The number of halogens is 1. The Bertz CT molecular complexity index is 1170. The summed E-state index contributed by atoms with van der Waals surface area (Å²) in [6.45, 7) is -0.131. The second-order valence-corrected chi connectivity index (χ2v) is 7.55. The summed E-state index contributed by atoms with van der Waals surface area (Å²) in [6, 6.07) is 13.0. The zero-order chi connectivity index (χ0) is 18.8. The lowest BCUT2D eigenvalue weighted by Crippen LogP contribution is -2.28. The van der Waals surface area contributed by atoms with E-state index in [-0.39, 0.29) is 18.0 Å². The first-order valence-electron chi connectivity index (χ1n) is 8.05. The van der Waals surface area contributed by atoms with Crippen molar-refractivity contribution in [3.05, 3.63) is 75.2 Å². The molecule has 1 amide bonds. The maximum atomic E-state index is 13.0. The lowest BCUT2D eigenvalue weighted by molar-refractivity contribution is -0.116. The molecule has 0 saturated carbocycles. The number of carbonyl (C=O) groups excluding carboxylic acids is 1. The van der Waals surface area contributed by atoms with E-state index in [4.69, 9.17) is 0 Å². The molecule has 1 aromatic carbocycles. The summed E-state index contributed by atoms with van der Waals surface area (Å²) in [6.07, 6.45) is 3.00. The van der Waals surface area contributed by atoms with Crippen LogP contribution in [0.4, 0.5) is 5.82 Å². The molecular weight excluding hydrogens is 428 g/mol. The molecule has 3 heterocycles. The molecule has 0 bridgehead atoms. The van der Waals surface area contributed by atoms with Crippen LogP contribution < -0.4 is 10.9 Å². The number of hydrogen-bond donors (Lipinski definition) is 1. The first-order valence-corrected chi connectivity index (χ1v) is 9.72. The predicted molar refractivity (Wildman–Crippen MR) is 110 cm³/mol. The third-order valence-electron chi connectivity index (χ3n) is 3.96. The van der Waals surface area contributed by atoms with Gasteiger partial charge in [-0.3, -0.25) is 14.2 Å². The van der Waals surface area contributed by atoms with Gasteiger partial charge in [0.25, 0.3) is 5.56 Å². The van der Waals surface area contributed by atoms with Gasteiger partial charge in [0.15, 0.2) is 0 Å². The van der Waals surface area contributed by atoms with Crippen molar-refractivity contribution in [2.75, 3.05) is 5.32 Å². The van der Waals surface area contributed by atoms with E-state index in [1.807, 2.05) is 29.6 Å². The van der Waals surface area contributed by atoms with E-state index in [0.29, 0.717) is 16.0 Å². The lowest BCUT2D eigenvalue weighted by Gasteiger charge is -2.07. The van der Waals surface area contributed by atoms with Crippen molar-refractivity contribution < 1.29 is 4.79 Å². The van der Waals surface area contributed by atoms with E-state index in [2.05, 4.69) is 31.2 Å². The predicted octanol–water partition coefficient (Wildman–Crippen LogP) is 3.92. The summed E-state index contributed by atoms with van der Waals surface area (Å²) in [7, 11) is 0. The van der Waals surface area contributed by atoms with Gasteiger partial charge in [0.2, 0.25) is 5.91 Å². The zero-order valence-corrected chi connectivity index (χ0v) is 16.3. The second kappa shape index (κ2) is 7.42. The Hall–Kier alpha value is -2.84. The van der Waals surface area contributed by atoms with Crippen LogP contribution in [0.15, 0.2) is 69.6 Å². The SMILES string of the molecule is O=C(Cn1cnc2scc(-c3ccc(Br)cc3)c2c1=O)Nc1ccccn1. The van der Waals surface area contributed by atoms with Crippen LogP contribution in [0.2, 0.25) is 0 Å². The molecule has 8 heteroatoms. The number of nitrogens with zero attached hydrogens (tertiary/aromatic N) is 3. The first kappa shape index (κ1) is 17.6. The molecule has 0 atom stereocenters. The van der Waals surface area contributed by atoms with Crippen molar-refractivity contribution in [1.29, 1.82) is 0 Å². The molecule has 134 valence electrons. The summed E-state index contributed by atoms with van der Waals surface area (Å²) >= 11 is 4.82. The molecule has 0 unspecified atom stereocenters. The van der Waals surface area contributed by atoms with Gasteiger partial charge in [-0.1, -0.05) is 34.1 Å². The van der Waals surface area contributed by atoms with Crippen molar-refractivity contribution in [1.82, 2.24) is 14.5 Å². The second-order valence-electron chi connectivity index (χ2n) is 5.78. The van der Waals surface area contributed by atoms with Crippen molar-refractivity contribution in [3.63, 3.8) is 0 Å². The van der Waals surface area contributed by atoms with Gasteiger partial charge >= 0.3 is 0 Å². The maximum Gasteiger partial charge on any atom is 0.263 e. The van der Waals surface area contributed by atoms with Crippen LogP contribution >= 0.6 is 27.3 Å². The number of anilines is 1. The fraction of sp³-hybridized carbons (Fsp3) is 0.0526. The van der Waals surface area contributed by atoms with Crippen LogP contribution in [0, 0.1) is 0 Å². The number of rotatable bonds is 4. The lowest BCUT2D eigenvalue weighted by atomic mass is 10.1. The van der Waals surface area contributed by atoms with E-state index in [1.165, 1.54) is 22.2 Å². The van der Waals surface area contributed by atoms with Crippen LogP contribution in [0.25, 0.3) is 21.3 Å². The van der Waals surface area contributed by atoms with Crippen LogP contribution in [-0.4, -0.2) is 20.4 Å². The van der Waals surface area contributed by atoms with Gasteiger partial charge in [-0.2, -0.15) is 0 Å². The van der Waals surface area contributed by atoms with E-state index in [1.54, 1.807) is 24.4 Å². The van der Waals surface area contributed by atoms with Crippen LogP contribution in [-0.2, 0) is 11.3 Å². The minimum absolute atomic E-state index is 0.131. The topological polar surface area (TPSA) is 76.9 Å². The van der Waals surface area contributed by atoms with Crippen molar-refractivity contribution in [3.8, 4) is 11.1 Å². The van der Waals surface area contributed by atoms with Gasteiger partial charge in [0.1, 0.15) is 17.2 Å². The quantitative estimate of drug-likeness (QED) is 0.521. The molecule has 6 nitrogen and oxygen atoms in total. The molecule has 0 aliphatic heterocycles. The molecule has 0 fully saturated rings. The molecule has 27 heavy (non-hydrogen) atoms. The highest BCUT2D eigenvalue weighted by atomic mass is 79.9. The normalized spacial score (nSPS) is 10.9. The number of carbonyl (C=O) groups is 1. The Morgan fingerprint density at radius 2 is 1.96 bits per heavy atom. The summed E-state index contributed by atoms with van der Waals surface area (Å²) in [5.41, 5.74) is 1.51. The zero-order valence-electron chi connectivity index (χ0n) is 13.9. The summed E-state index contributed by atoms with van der Waals surface area (Å²) in [4.78, 5) is 34.3. The van der Waals surface area contributed by atoms with Gasteiger partial charge in [-0.25, -0.2) is 9.97 Å². The third-order valence-corrected chi connectivity index (χ3v) is 5.38. The highest BCUT2D eigenvalue weighted by Gasteiger charge is 2.15. The fourth-order valence-electron chi connectivity index (χ4n) is 2.70. The highest BCUT2D eigenvalue weighted by molar-refractivity contribution is 9.10. The Kier molecular flexibility index (Phi) is 4.83. The Labute approximate surface area is 166 Å². The van der Waals surface area contributed by atoms with Crippen molar-refractivity contribution in [2.24, 2.45) is 0 Å². The molecule has 3 aromatic heterocycles. The van der Waals surface area contributed by atoms with Crippen LogP contribution in [0.5, 0.6) is 0 Å². The number of aromatic nitrogens is 3. The van der Waals surface area contributed by atoms with Gasteiger partial charge in [-0.15, -0.1) is 11.3 Å². The molecule has 4 aromatic rings. The van der Waals surface area contributed by atoms with E-state index in [0.717, 1.165) is 15.6 Å². The van der Waals surface area contributed by atoms with Gasteiger partial charge in [0, 0.05) is 21.6 Å².